The lowest BCUT2D eigenvalue weighted by Crippen LogP contribution is -2.24. The molecule has 1 saturated heterocycles. The van der Waals surface area contributed by atoms with Crippen molar-refractivity contribution >= 4 is 23.2 Å². The van der Waals surface area contributed by atoms with E-state index in [1.165, 1.54) is 6.33 Å². The van der Waals surface area contributed by atoms with E-state index in [1.807, 2.05) is 29.8 Å². The van der Waals surface area contributed by atoms with Crippen molar-refractivity contribution in [2.45, 2.75) is 51.0 Å². The highest BCUT2D eigenvalue weighted by Gasteiger charge is 2.35. The SMILES string of the molecule is CCCCC#Cc1cn([C@H]2C[C@H](O)[C@@H](CO)O2)c2ncnc(N=CN(C)C)c12. The molecule has 3 rings (SSSR count). The van der Waals surface area contributed by atoms with Gasteiger partial charge in [-0.2, -0.15) is 0 Å². The quantitative estimate of drug-likeness (QED) is 0.341. The van der Waals surface area contributed by atoms with Crippen LogP contribution in [0.15, 0.2) is 17.5 Å². The summed E-state index contributed by atoms with van der Waals surface area (Å²) in [6.45, 7) is 1.91. The molecule has 0 saturated carbocycles. The van der Waals surface area contributed by atoms with Gasteiger partial charge in [-0.3, -0.25) is 0 Å². The van der Waals surface area contributed by atoms with E-state index in [0.29, 0.717) is 17.9 Å². The maximum atomic E-state index is 10.1. The molecule has 1 aliphatic rings. The summed E-state index contributed by atoms with van der Waals surface area (Å²) < 4.78 is 7.67. The molecule has 2 aromatic rings. The van der Waals surface area contributed by atoms with Crippen molar-refractivity contribution in [1.29, 1.82) is 0 Å². The van der Waals surface area contributed by atoms with Crippen LogP contribution >= 0.6 is 0 Å². The maximum Gasteiger partial charge on any atom is 0.167 e. The Hall–Kier alpha value is -2.47. The van der Waals surface area contributed by atoms with Crippen LogP contribution in [0.4, 0.5) is 5.82 Å². The van der Waals surface area contributed by atoms with Crippen LogP contribution in [0.5, 0.6) is 0 Å². The molecule has 1 fully saturated rings. The predicted molar refractivity (Wildman–Crippen MR) is 107 cm³/mol. The number of rotatable bonds is 6. The van der Waals surface area contributed by atoms with Crippen LogP contribution in [-0.4, -0.2) is 68.9 Å². The fourth-order valence-corrected chi connectivity index (χ4v) is 3.12. The summed E-state index contributed by atoms with van der Waals surface area (Å²) in [6, 6.07) is 0. The smallest absolute Gasteiger partial charge is 0.167 e. The lowest BCUT2D eigenvalue weighted by Gasteiger charge is -2.14. The second-order valence-electron chi connectivity index (χ2n) is 7.07. The third-order valence-corrected chi connectivity index (χ3v) is 4.57. The van der Waals surface area contributed by atoms with Gasteiger partial charge in [-0.05, 0) is 6.42 Å². The Morgan fingerprint density at radius 1 is 1.43 bits per heavy atom. The fraction of sp³-hybridized carbons (Fsp3) is 0.550. The van der Waals surface area contributed by atoms with E-state index in [0.717, 1.165) is 30.2 Å². The second-order valence-corrected chi connectivity index (χ2v) is 7.07. The summed E-state index contributed by atoms with van der Waals surface area (Å²) in [4.78, 5) is 15.0. The van der Waals surface area contributed by atoms with E-state index in [-0.39, 0.29) is 6.61 Å². The largest absolute Gasteiger partial charge is 0.394 e. The third kappa shape index (κ3) is 4.33. The minimum atomic E-state index is -0.723. The van der Waals surface area contributed by atoms with Gasteiger partial charge in [0.1, 0.15) is 24.3 Å². The molecule has 28 heavy (non-hydrogen) atoms. The summed E-state index contributed by atoms with van der Waals surface area (Å²) in [7, 11) is 3.78. The number of hydrogen-bond acceptors (Lipinski definition) is 6. The van der Waals surface area contributed by atoms with Gasteiger partial charge in [-0.15, -0.1) is 0 Å². The zero-order valence-corrected chi connectivity index (χ0v) is 16.5. The molecule has 0 radical (unpaired) electrons. The van der Waals surface area contributed by atoms with Crippen LogP contribution in [-0.2, 0) is 4.74 Å². The molecule has 0 spiro atoms. The lowest BCUT2D eigenvalue weighted by atomic mass is 10.2. The number of aromatic nitrogens is 3. The average molecular weight is 385 g/mol. The standard InChI is InChI=1S/C20H27N5O3/c1-4-5-6-7-8-14-10-25(17-9-15(27)16(11-26)28-17)20-18(14)19(21-12-22-20)23-13-24(2)3/h10,12-13,15-17,26-27H,4-6,9,11H2,1-3H3/t15-,16+,17+/m0/s1. The average Bonchev–Trinajstić information content (AvgIpc) is 3.24. The maximum absolute atomic E-state index is 10.1. The normalized spacial score (nSPS) is 22.0. The molecule has 150 valence electrons. The van der Waals surface area contributed by atoms with Gasteiger partial charge in [0.15, 0.2) is 5.82 Å². The van der Waals surface area contributed by atoms with Crippen molar-refractivity contribution in [3.8, 4) is 11.8 Å². The monoisotopic (exact) mass is 385 g/mol. The first-order chi connectivity index (χ1) is 13.5. The van der Waals surface area contributed by atoms with Gasteiger partial charge >= 0.3 is 0 Å². The molecule has 8 nitrogen and oxygen atoms in total. The van der Waals surface area contributed by atoms with Crippen molar-refractivity contribution in [3.63, 3.8) is 0 Å². The van der Waals surface area contributed by atoms with Crippen molar-refractivity contribution < 1.29 is 14.9 Å². The zero-order chi connectivity index (χ0) is 20.1. The van der Waals surface area contributed by atoms with Crippen LogP contribution in [0, 0.1) is 11.8 Å². The van der Waals surface area contributed by atoms with E-state index in [2.05, 4.69) is 33.7 Å². The van der Waals surface area contributed by atoms with Gasteiger partial charge in [0, 0.05) is 33.1 Å². The van der Waals surface area contributed by atoms with Gasteiger partial charge < -0.3 is 24.4 Å². The minimum Gasteiger partial charge on any atom is -0.394 e. The summed E-state index contributed by atoms with van der Waals surface area (Å²) in [5, 5.41) is 20.3. The molecule has 0 aromatic carbocycles. The van der Waals surface area contributed by atoms with Gasteiger partial charge in [0.25, 0.3) is 0 Å². The summed E-state index contributed by atoms with van der Waals surface area (Å²) in [5.74, 6) is 6.97. The Balaban J connectivity index is 2.07. The number of ether oxygens (including phenoxy) is 1. The fourth-order valence-electron chi connectivity index (χ4n) is 3.12. The van der Waals surface area contributed by atoms with E-state index in [4.69, 9.17) is 4.74 Å². The van der Waals surface area contributed by atoms with Gasteiger partial charge in [0.05, 0.1) is 30.0 Å². The Morgan fingerprint density at radius 3 is 2.93 bits per heavy atom. The topological polar surface area (TPSA) is 96.0 Å². The minimum absolute atomic E-state index is 0.228. The highest BCUT2D eigenvalue weighted by atomic mass is 16.5. The molecule has 3 heterocycles. The number of aliphatic imine (C=N–C) groups is 1. The van der Waals surface area contributed by atoms with Crippen LogP contribution in [0.1, 0.15) is 44.4 Å². The summed E-state index contributed by atoms with van der Waals surface area (Å²) in [6.07, 6.45) is 6.60. The van der Waals surface area contributed by atoms with E-state index < -0.39 is 18.4 Å². The van der Waals surface area contributed by atoms with E-state index >= 15 is 0 Å². The third-order valence-electron chi connectivity index (χ3n) is 4.57. The number of aliphatic hydroxyl groups excluding tert-OH is 2. The molecule has 0 bridgehead atoms. The molecule has 8 heteroatoms. The van der Waals surface area contributed by atoms with Crippen molar-refractivity contribution in [2.75, 3.05) is 20.7 Å². The number of nitrogens with zero attached hydrogens (tertiary/aromatic N) is 5. The van der Waals surface area contributed by atoms with E-state index in [9.17, 15) is 10.2 Å². The molecular formula is C20H27N5O3. The molecule has 0 amide bonds. The van der Waals surface area contributed by atoms with Gasteiger partial charge in [-0.1, -0.05) is 25.2 Å². The van der Waals surface area contributed by atoms with Crippen LogP contribution in [0.25, 0.3) is 11.0 Å². The molecule has 1 aliphatic heterocycles. The molecule has 2 aromatic heterocycles. The molecule has 0 aliphatic carbocycles. The zero-order valence-electron chi connectivity index (χ0n) is 16.5. The van der Waals surface area contributed by atoms with Gasteiger partial charge in [-0.25, -0.2) is 15.0 Å². The number of hydrogen-bond donors (Lipinski definition) is 2. The van der Waals surface area contributed by atoms with E-state index in [1.54, 1.807) is 6.34 Å². The molecule has 3 atom stereocenters. The van der Waals surface area contributed by atoms with Crippen molar-refractivity contribution in [1.82, 2.24) is 19.4 Å². The summed E-state index contributed by atoms with van der Waals surface area (Å²) >= 11 is 0. The Bertz CT molecular complexity index is 896. The highest BCUT2D eigenvalue weighted by Crippen LogP contribution is 2.35. The first-order valence-electron chi connectivity index (χ1n) is 9.54. The summed E-state index contributed by atoms with van der Waals surface area (Å²) in [5.41, 5.74) is 1.43. The number of unbranched alkanes of at least 4 members (excludes halogenated alkanes) is 2. The lowest BCUT2D eigenvalue weighted by molar-refractivity contribution is -0.0430. The first kappa shape index (κ1) is 20.3. The molecule has 0 unspecified atom stereocenters. The first-order valence-corrected chi connectivity index (χ1v) is 9.54. The highest BCUT2D eigenvalue weighted by molar-refractivity contribution is 5.93. The Morgan fingerprint density at radius 2 is 2.25 bits per heavy atom. The van der Waals surface area contributed by atoms with Crippen LogP contribution in [0.2, 0.25) is 0 Å². The van der Waals surface area contributed by atoms with Gasteiger partial charge in [0.2, 0.25) is 0 Å². The Labute approximate surface area is 164 Å². The van der Waals surface area contributed by atoms with Crippen LogP contribution in [0.3, 0.4) is 0 Å². The molecular weight excluding hydrogens is 358 g/mol. The molecule has 2 N–H and O–H groups in total. The van der Waals surface area contributed by atoms with Crippen molar-refractivity contribution in [2.24, 2.45) is 4.99 Å². The Kier molecular flexibility index (Phi) is 6.62. The predicted octanol–water partition coefficient (Wildman–Crippen LogP) is 1.84. The number of aliphatic hydroxyl groups is 2. The second kappa shape index (κ2) is 9.15. The van der Waals surface area contributed by atoms with Crippen LogP contribution < -0.4 is 0 Å². The number of fused-ring (bicyclic) bond motifs is 1. The van der Waals surface area contributed by atoms with Crippen molar-refractivity contribution in [3.05, 3.63) is 18.1 Å².